The van der Waals surface area contributed by atoms with Gasteiger partial charge in [0.25, 0.3) is 0 Å². The topological polar surface area (TPSA) is 17.1 Å². The largest absolute Gasteiger partial charge is 0.288 e. The lowest BCUT2D eigenvalue weighted by molar-refractivity contribution is 0.104. The molecule has 1 aromatic carbocycles. The fraction of sp³-hybridized carbons (Fsp3) is 0.0833. The molecule has 0 fully saturated rings. The number of benzene rings is 1. The Morgan fingerprint density at radius 3 is 2.53 bits per heavy atom. The molecular formula is C12H7BrCl2OS. The van der Waals surface area contributed by atoms with Crippen LogP contribution >= 0.6 is 50.5 Å². The number of aryl methyl sites for hydroxylation is 1. The Bertz CT molecular complexity index is 573. The van der Waals surface area contributed by atoms with Gasteiger partial charge in [-0.2, -0.15) is 0 Å². The molecule has 2 rings (SSSR count). The van der Waals surface area contributed by atoms with Crippen LogP contribution in [0.4, 0.5) is 0 Å². The summed E-state index contributed by atoms with van der Waals surface area (Å²) in [5.74, 6) is -0.0476. The molecule has 0 saturated carbocycles. The van der Waals surface area contributed by atoms with Crippen molar-refractivity contribution in [2.24, 2.45) is 0 Å². The molecule has 0 saturated heterocycles. The van der Waals surface area contributed by atoms with Gasteiger partial charge in [-0.25, -0.2) is 0 Å². The lowest BCUT2D eigenvalue weighted by Gasteiger charge is -2.01. The Morgan fingerprint density at radius 1 is 1.29 bits per heavy atom. The molecule has 0 radical (unpaired) electrons. The molecule has 0 atom stereocenters. The van der Waals surface area contributed by atoms with Crippen LogP contribution in [-0.4, -0.2) is 5.78 Å². The second kappa shape index (κ2) is 5.11. The second-order valence-corrected chi connectivity index (χ2v) is 6.47. The first-order chi connectivity index (χ1) is 7.99. The smallest absolute Gasteiger partial charge is 0.204 e. The average molecular weight is 350 g/mol. The number of carbonyl (C=O) groups excluding carboxylic acids is 1. The minimum Gasteiger partial charge on any atom is -0.288 e. The van der Waals surface area contributed by atoms with E-state index in [1.165, 1.54) is 11.3 Å². The van der Waals surface area contributed by atoms with Crippen LogP contribution in [0, 0.1) is 6.92 Å². The fourth-order valence-electron chi connectivity index (χ4n) is 1.38. The zero-order valence-electron chi connectivity index (χ0n) is 8.76. The molecule has 0 aliphatic heterocycles. The van der Waals surface area contributed by atoms with E-state index in [-0.39, 0.29) is 5.78 Å². The molecule has 0 unspecified atom stereocenters. The highest BCUT2D eigenvalue weighted by Gasteiger charge is 2.16. The molecule has 0 amide bonds. The fourth-order valence-corrected chi connectivity index (χ4v) is 3.40. The van der Waals surface area contributed by atoms with Gasteiger partial charge in [0.2, 0.25) is 5.78 Å². The first-order valence-electron chi connectivity index (χ1n) is 4.74. The maximum atomic E-state index is 12.2. The van der Waals surface area contributed by atoms with Crippen molar-refractivity contribution in [3.05, 3.63) is 54.1 Å². The molecule has 0 aliphatic rings. The third-order valence-corrected chi connectivity index (χ3v) is 4.70. The molecule has 1 aromatic heterocycles. The quantitative estimate of drug-likeness (QED) is 0.667. The van der Waals surface area contributed by atoms with Crippen molar-refractivity contribution >= 4 is 56.3 Å². The molecule has 1 heterocycles. The van der Waals surface area contributed by atoms with E-state index >= 15 is 0 Å². The lowest BCUT2D eigenvalue weighted by Crippen LogP contribution is -1.99. The van der Waals surface area contributed by atoms with Crippen molar-refractivity contribution < 1.29 is 4.79 Å². The number of ketones is 1. The monoisotopic (exact) mass is 348 g/mol. The number of rotatable bonds is 2. The van der Waals surface area contributed by atoms with Crippen molar-refractivity contribution in [1.82, 2.24) is 0 Å². The summed E-state index contributed by atoms with van der Waals surface area (Å²) in [6.45, 7) is 1.88. The summed E-state index contributed by atoms with van der Waals surface area (Å²) in [6, 6.07) is 6.91. The Morgan fingerprint density at radius 2 is 2.00 bits per heavy atom. The lowest BCUT2D eigenvalue weighted by atomic mass is 10.1. The summed E-state index contributed by atoms with van der Waals surface area (Å²) in [5, 5.41) is 0.591. The predicted molar refractivity (Wildman–Crippen MR) is 76.7 cm³/mol. The number of carbonyl (C=O) groups is 1. The highest BCUT2D eigenvalue weighted by atomic mass is 79.9. The van der Waals surface area contributed by atoms with Crippen molar-refractivity contribution in [3.8, 4) is 0 Å². The van der Waals surface area contributed by atoms with Gasteiger partial charge in [-0.1, -0.05) is 23.2 Å². The third-order valence-electron chi connectivity index (χ3n) is 2.26. The predicted octanol–water partition coefficient (Wildman–Crippen LogP) is 5.36. The number of hydrogen-bond acceptors (Lipinski definition) is 2. The van der Waals surface area contributed by atoms with Crippen LogP contribution in [-0.2, 0) is 0 Å². The molecule has 0 N–H and O–H groups in total. The Hall–Kier alpha value is -0.350. The van der Waals surface area contributed by atoms with Crippen LogP contribution in [0.5, 0.6) is 0 Å². The van der Waals surface area contributed by atoms with E-state index in [4.69, 9.17) is 23.2 Å². The van der Waals surface area contributed by atoms with Crippen LogP contribution in [0.2, 0.25) is 9.36 Å². The van der Waals surface area contributed by atoms with E-state index in [0.717, 1.165) is 5.56 Å². The minimum absolute atomic E-state index is 0.0476. The first kappa shape index (κ1) is 13.1. The van der Waals surface area contributed by atoms with E-state index in [0.29, 0.717) is 24.3 Å². The summed E-state index contributed by atoms with van der Waals surface area (Å²) < 4.78 is 1.34. The molecule has 0 spiro atoms. The van der Waals surface area contributed by atoms with Gasteiger partial charge in [-0.3, -0.25) is 4.79 Å². The normalized spacial score (nSPS) is 10.6. The molecular weight excluding hydrogens is 343 g/mol. The third kappa shape index (κ3) is 2.74. The zero-order chi connectivity index (χ0) is 12.6. The molecule has 2 aromatic rings. The van der Waals surface area contributed by atoms with E-state index in [1.54, 1.807) is 24.3 Å². The van der Waals surface area contributed by atoms with Crippen LogP contribution in [0.1, 0.15) is 20.8 Å². The summed E-state index contributed by atoms with van der Waals surface area (Å²) in [5.41, 5.74) is 1.51. The molecule has 88 valence electrons. The van der Waals surface area contributed by atoms with Crippen LogP contribution in [0.25, 0.3) is 0 Å². The average Bonchev–Trinajstić information content (AvgIpc) is 2.58. The first-order valence-corrected chi connectivity index (χ1v) is 7.11. The zero-order valence-corrected chi connectivity index (χ0v) is 12.7. The second-order valence-electron chi connectivity index (χ2n) is 3.52. The standard InChI is InChI=1S/C12H7BrCl2OS/c1-6-4-10(17-12(6)15)11(16)8-3-2-7(14)5-9(8)13/h2-5H,1H3. The van der Waals surface area contributed by atoms with Gasteiger partial charge >= 0.3 is 0 Å². The van der Waals surface area contributed by atoms with Crippen LogP contribution in [0.15, 0.2) is 28.7 Å². The highest BCUT2D eigenvalue weighted by molar-refractivity contribution is 9.10. The van der Waals surface area contributed by atoms with Gasteiger partial charge in [-0.15, -0.1) is 11.3 Å². The molecule has 0 bridgehead atoms. The van der Waals surface area contributed by atoms with Crippen LogP contribution < -0.4 is 0 Å². The Labute approximate surface area is 121 Å². The van der Waals surface area contributed by atoms with Gasteiger partial charge in [0.15, 0.2) is 0 Å². The van der Waals surface area contributed by atoms with Gasteiger partial charge in [0, 0.05) is 15.1 Å². The molecule has 1 nitrogen and oxygen atoms in total. The summed E-state index contributed by atoms with van der Waals surface area (Å²) in [6.07, 6.45) is 0. The maximum absolute atomic E-state index is 12.2. The summed E-state index contributed by atoms with van der Waals surface area (Å²) in [4.78, 5) is 12.9. The van der Waals surface area contributed by atoms with Gasteiger partial charge in [0.1, 0.15) is 0 Å². The Balaban J connectivity index is 2.43. The highest BCUT2D eigenvalue weighted by Crippen LogP contribution is 2.31. The van der Waals surface area contributed by atoms with Crippen LogP contribution in [0.3, 0.4) is 0 Å². The number of hydrogen-bond donors (Lipinski definition) is 0. The van der Waals surface area contributed by atoms with E-state index in [1.807, 2.05) is 6.92 Å². The summed E-state index contributed by atoms with van der Waals surface area (Å²) >= 11 is 16.4. The van der Waals surface area contributed by atoms with Crippen molar-refractivity contribution in [2.45, 2.75) is 6.92 Å². The maximum Gasteiger partial charge on any atom is 0.204 e. The van der Waals surface area contributed by atoms with E-state index in [2.05, 4.69) is 15.9 Å². The summed E-state index contributed by atoms with van der Waals surface area (Å²) in [7, 11) is 0. The number of halogens is 3. The molecule has 0 aliphatic carbocycles. The Kier molecular flexibility index (Phi) is 3.93. The van der Waals surface area contributed by atoms with Gasteiger partial charge in [0.05, 0.1) is 9.21 Å². The van der Waals surface area contributed by atoms with Crippen molar-refractivity contribution in [3.63, 3.8) is 0 Å². The van der Waals surface area contributed by atoms with Gasteiger partial charge < -0.3 is 0 Å². The molecule has 5 heteroatoms. The minimum atomic E-state index is -0.0476. The molecule has 17 heavy (non-hydrogen) atoms. The van der Waals surface area contributed by atoms with E-state index < -0.39 is 0 Å². The SMILES string of the molecule is Cc1cc(C(=O)c2ccc(Cl)cc2Br)sc1Cl. The van der Waals surface area contributed by atoms with Gasteiger partial charge in [-0.05, 0) is 52.7 Å². The van der Waals surface area contributed by atoms with Crippen molar-refractivity contribution in [1.29, 1.82) is 0 Å². The van der Waals surface area contributed by atoms with Crippen molar-refractivity contribution in [2.75, 3.05) is 0 Å². The van der Waals surface area contributed by atoms with E-state index in [9.17, 15) is 4.79 Å². The number of thiophene rings is 1.